The molecule has 0 saturated heterocycles. The van der Waals surface area contributed by atoms with E-state index in [1.807, 2.05) is 0 Å². The van der Waals surface area contributed by atoms with E-state index in [4.69, 9.17) is 4.42 Å². The van der Waals surface area contributed by atoms with Gasteiger partial charge >= 0.3 is 0 Å². The molecule has 2 heteroatoms. The summed E-state index contributed by atoms with van der Waals surface area (Å²) in [6, 6.07) is 95.1. The van der Waals surface area contributed by atoms with Crippen LogP contribution in [0, 0.1) is 0 Å². The number of fused-ring (bicyclic) bond motifs is 9. The third-order valence-electron chi connectivity index (χ3n) is 14.4. The summed E-state index contributed by atoms with van der Waals surface area (Å²) in [7, 11) is 0. The van der Waals surface area contributed by atoms with Crippen molar-refractivity contribution < 1.29 is 4.42 Å². The molecule has 0 fully saturated rings. The van der Waals surface area contributed by atoms with Gasteiger partial charge in [-0.15, -0.1) is 0 Å². The van der Waals surface area contributed by atoms with E-state index in [1.165, 1.54) is 87.2 Å². The number of furan rings is 1. The van der Waals surface area contributed by atoms with Gasteiger partial charge in [0.2, 0.25) is 0 Å². The van der Waals surface area contributed by atoms with Gasteiger partial charge in [-0.05, 0) is 171 Å². The monoisotopic (exact) mass is 889 g/mol. The summed E-state index contributed by atoms with van der Waals surface area (Å²) < 4.78 is 6.89. The number of rotatable bonds is 7. The lowest BCUT2D eigenvalue weighted by molar-refractivity contribution is 0.669. The van der Waals surface area contributed by atoms with Gasteiger partial charge in [0.05, 0.1) is 5.69 Å². The van der Waals surface area contributed by atoms with Crippen molar-refractivity contribution in [3.05, 3.63) is 261 Å². The van der Waals surface area contributed by atoms with Crippen molar-refractivity contribution in [3.63, 3.8) is 0 Å². The molecule has 0 radical (unpaired) electrons. The van der Waals surface area contributed by atoms with E-state index >= 15 is 0 Å². The van der Waals surface area contributed by atoms with Crippen LogP contribution in [0.4, 0.5) is 17.1 Å². The van der Waals surface area contributed by atoms with Gasteiger partial charge in [-0.25, -0.2) is 0 Å². The number of hydrogen-bond acceptors (Lipinski definition) is 2. The first kappa shape index (κ1) is 39.9. The summed E-state index contributed by atoms with van der Waals surface area (Å²) in [6.45, 7) is 0. The Hall–Kier alpha value is -9.24. The SMILES string of the molecule is c1ccc2cc(-c3ccc4cc(-c5ccc(N(c6ccc(-c7cc8ccccc8cc7-c7ccc8ccccc8c7)cc6)c6cccc7c6oc6ccc8ccccc8c67)cc5)ccc4c3)ccc2c1. The Bertz CT molecular complexity index is 4350. The van der Waals surface area contributed by atoms with E-state index in [1.54, 1.807) is 0 Å². The molecule has 14 rings (SSSR count). The van der Waals surface area contributed by atoms with Gasteiger partial charge in [0.1, 0.15) is 5.58 Å². The fourth-order valence-corrected chi connectivity index (χ4v) is 10.8. The van der Waals surface area contributed by atoms with E-state index in [-0.39, 0.29) is 0 Å². The molecule has 1 aromatic heterocycles. The molecule has 0 amide bonds. The predicted octanol–water partition coefficient (Wildman–Crippen LogP) is 19.5. The van der Waals surface area contributed by atoms with Crippen molar-refractivity contribution in [2.75, 3.05) is 4.90 Å². The second-order valence-corrected chi connectivity index (χ2v) is 18.5. The maximum atomic E-state index is 6.89. The topological polar surface area (TPSA) is 16.4 Å². The van der Waals surface area contributed by atoms with Crippen LogP contribution in [-0.4, -0.2) is 0 Å². The van der Waals surface area contributed by atoms with Crippen molar-refractivity contribution in [2.24, 2.45) is 0 Å². The summed E-state index contributed by atoms with van der Waals surface area (Å²) in [4.78, 5) is 2.35. The zero-order chi connectivity index (χ0) is 46.1. The molecule has 0 aliphatic heterocycles. The van der Waals surface area contributed by atoms with Gasteiger partial charge in [0.25, 0.3) is 0 Å². The van der Waals surface area contributed by atoms with Crippen LogP contribution in [0.25, 0.3) is 120 Å². The number of para-hydroxylation sites is 1. The molecule has 2 nitrogen and oxygen atoms in total. The average molecular weight is 890 g/mol. The van der Waals surface area contributed by atoms with E-state index in [2.05, 4.69) is 266 Å². The van der Waals surface area contributed by atoms with Gasteiger partial charge in [0, 0.05) is 22.1 Å². The molecule has 326 valence electrons. The molecule has 1 heterocycles. The van der Waals surface area contributed by atoms with Crippen LogP contribution in [-0.2, 0) is 0 Å². The summed E-state index contributed by atoms with van der Waals surface area (Å²) >= 11 is 0. The van der Waals surface area contributed by atoms with Crippen LogP contribution in [0.15, 0.2) is 265 Å². The molecule has 0 aliphatic rings. The molecule has 0 atom stereocenters. The van der Waals surface area contributed by atoms with Gasteiger partial charge in [-0.3, -0.25) is 0 Å². The number of hydrogen-bond donors (Lipinski definition) is 0. The van der Waals surface area contributed by atoms with Gasteiger partial charge < -0.3 is 9.32 Å². The molecule has 0 saturated carbocycles. The molecule has 70 heavy (non-hydrogen) atoms. The smallest absolute Gasteiger partial charge is 0.159 e. The lowest BCUT2D eigenvalue weighted by Gasteiger charge is -2.26. The minimum Gasteiger partial charge on any atom is -0.454 e. The lowest BCUT2D eigenvalue weighted by atomic mass is 9.90. The largest absolute Gasteiger partial charge is 0.454 e. The minimum atomic E-state index is 0.854. The first-order chi connectivity index (χ1) is 34.6. The fraction of sp³-hybridized carbons (Fsp3) is 0. The Kier molecular flexibility index (Phi) is 9.25. The highest BCUT2D eigenvalue weighted by Gasteiger charge is 2.21. The summed E-state index contributed by atoms with van der Waals surface area (Å²) in [5.41, 5.74) is 14.3. The van der Waals surface area contributed by atoms with Crippen molar-refractivity contribution in [1.82, 2.24) is 0 Å². The number of benzene rings is 13. The normalized spacial score (nSPS) is 11.7. The first-order valence-corrected chi connectivity index (χ1v) is 24.0. The number of nitrogens with zero attached hydrogens (tertiary/aromatic N) is 1. The maximum absolute atomic E-state index is 6.89. The quantitative estimate of drug-likeness (QED) is 0.159. The maximum Gasteiger partial charge on any atom is 0.159 e. The van der Waals surface area contributed by atoms with Crippen LogP contribution in [0.3, 0.4) is 0 Å². The standard InChI is InChI=1S/C68H43NO/c1-3-13-49-38-54(22-20-44(49)10-1)57-26-25-55-39-53(23-24-56(55)40-57)46-28-33-59(34-29-46)69(65-19-9-18-62-67-61-17-8-7-12-47(61)32-37-66(67)70-68(62)65)60-35-30-48(31-36-60)63-42-51-15-5-6-16-52(51)43-64(63)58-27-21-45-11-2-4-14-50(45)41-58/h1-43H. The van der Waals surface area contributed by atoms with Gasteiger partial charge in [-0.2, -0.15) is 0 Å². The lowest BCUT2D eigenvalue weighted by Crippen LogP contribution is -2.10. The summed E-state index contributed by atoms with van der Waals surface area (Å²) in [5, 5.41) is 14.5. The molecule has 0 bridgehead atoms. The molecule has 13 aromatic carbocycles. The van der Waals surface area contributed by atoms with Crippen molar-refractivity contribution in [1.29, 1.82) is 0 Å². The van der Waals surface area contributed by atoms with E-state index in [9.17, 15) is 0 Å². The van der Waals surface area contributed by atoms with Crippen LogP contribution in [0.5, 0.6) is 0 Å². The highest BCUT2D eigenvalue weighted by atomic mass is 16.3. The zero-order valence-corrected chi connectivity index (χ0v) is 38.2. The van der Waals surface area contributed by atoms with E-state index in [0.717, 1.165) is 50.1 Å². The molecule has 0 aliphatic carbocycles. The second-order valence-electron chi connectivity index (χ2n) is 18.5. The van der Waals surface area contributed by atoms with Crippen LogP contribution >= 0.6 is 0 Å². The zero-order valence-electron chi connectivity index (χ0n) is 38.2. The molecule has 0 spiro atoms. The average Bonchev–Trinajstić information content (AvgIpc) is 3.83. The summed E-state index contributed by atoms with van der Waals surface area (Å²) in [5.74, 6) is 0. The highest BCUT2D eigenvalue weighted by molar-refractivity contribution is 6.21. The molecule has 14 aromatic rings. The minimum absolute atomic E-state index is 0.854. The van der Waals surface area contributed by atoms with Gasteiger partial charge in [-0.1, -0.05) is 188 Å². The van der Waals surface area contributed by atoms with E-state index in [0.29, 0.717) is 0 Å². The first-order valence-electron chi connectivity index (χ1n) is 24.0. The Labute approximate surface area is 405 Å². The summed E-state index contributed by atoms with van der Waals surface area (Å²) in [6.07, 6.45) is 0. The Morgan fingerprint density at radius 3 is 1.26 bits per heavy atom. The van der Waals surface area contributed by atoms with Gasteiger partial charge in [0.15, 0.2) is 5.58 Å². The molecular formula is C68H43NO. The van der Waals surface area contributed by atoms with E-state index < -0.39 is 0 Å². The van der Waals surface area contributed by atoms with Crippen molar-refractivity contribution >= 4 is 92.9 Å². The van der Waals surface area contributed by atoms with Crippen molar-refractivity contribution in [3.8, 4) is 44.5 Å². The Morgan fingerprint density at radius 2 is 0.657 bits per heavy atom. The predicted molar refractivity (Wildman–Crippen MR) is 298 cm³/mol. The van der Waals surface area contributed by atoms with Crippen molar-refractivity contribution in [2.45, 2.75) is 0 Å². The van der Waals surface area contributed by atoms with Crippen LogP contribution in [0.1, 0.15) is 0 Å². The Balaban J connectivity index is 0.873. The van der Waals surface area contributed by atoms with Crippen LogP contribution < -0.4 is 4.90 Å². The molecule has 0 unspecified atom stereocenters. The molecular weight excluding hydrogens is 847 g/mol. The molecule has 0 N–H and O–H groups in total. The van der Waals surface area contributed by atoms with Crippen LogP contribution in [0.2, 0.25) is 0 Å². The fourth-order valence-electron chi connectivity index (χ4n) is 10.8. The Morgan fingerprint density at radius 1 is 0.257 bits per heavy atom. The second kappa shape index (κ2) is 16.2. The number of anilines is 3. The highest BCUT2D eigenvalue weighted by Crippen LogP contribution is 2.45. The third kappa shape index (κ3) is 6.80. The third-order valence-corrected chi connectivity index (χ3v) is 14.4.